The van der Waals surface area contributed by atoms with E-state index in [1.165, 1.54) is 0 Å². The lowest BCUT2D eigenvalue weighted by Gasteiger charge is -2.32. The van der Waals surface area contributed by atoms with Crippen molar-refractivity contribution in [2.45, 2.75) is 6.92 Å². The van der Waals surface area contributed by atoms with E-state index in [2.05, 4.69) is 16.9 Å². The van der Waals surface area contributed by atoms with Crippen molar-refractivity contribution in [1.82, 2.24) is 14.8 Å². The van der Waals surface area contributed by atoms with E-state index in [4.69, 9.17) is 0 Å². The van der Waals surface area contributed by atoms with E-state index >= 15 is 0 Å². The van der Waals surface area contributed by atoms with E-state index in [1.807, 2.05) is 48.2 Å². The van der Waals surface area contributed by atoms with E-state index in [1.54, 1.807) is 12.1 Å². The summed E-state index contributed by atoms with van der Waals surface area (Å²) in [6, 6.07) is 15.2. The molecule has 1 aliphatic heterocycles. The number of pyridine rings is 1. The normalized spacial score (nSPS) is 15.3. The number of hydrogen-bond acceptors (Lipinski definition) is 4. The second kappa shape index (κ2) is 7.00. The quantitative estimate of drug-likeness (QED) is 0.761. The summed E-state index contributed by atoms with van der Waals surface area (Å²) >= 11 is 0. The largest absolute Gasteiger partial charge is 0.508 e. The molecule has 1 aromatic heterocycles. The summed E-state index contributed by atoms with van der Waals surface area (Å²) in [5, 5.41) is 11.9. The van der Waals surface area contributed by atoms with Gasteiger partial charge >= 0.3 is 0 Å². The van der Waals surface area contributed by atoms with Crippen LogP contribution in [0.4, 0.5) is 0 Å². The second-order valence-electron chi connectivity index (χ2n) is 7.15. The summed E-state index contributed by atoms with van der Waals surface area (Å²) in [4.78, 5) is 21.5. The summed E-state index contributed by atoms with van der Waals surface area (Å²) in [7, 11) is 2.07. The predicted octanol–water partition coefficient (Wildman–Crippen LogP) is 3.30. The van der Waals surface area contributed by atoms with Crippen LogP contribution in [0.3, 0.4) is 0 Å². The number of likely N-dealkylation sites (N-methyl/N-ethyl adjacent to an activating group) is 1. The fourth-order valence-electron chi connectivity index (χ4n) is 3.52. The van der Waals surface area contributed by atoms with Crippen LogP contribution in [0, 0.1) is 6.92 Å². The maximum Gasteiger partial charge on any atom is 0.272 e. The van der Waals surface area contributed by atoms with E-state index in [0.717, 1.165) is 53.8 Å². The van der Waals surface area contributed by atoms with Crippen LogP contribution in [0.15, 0.2) is 48.5 Å². The van der Waals surface area contributed by atoms with Crippen molar-refractivity contribution < 1.29 is 9.90 Å². The first kappa shape index (κ1) is 17.5. The highest BCUT2D eigenvalue weighted by Crippen LogP contribution is 2.29. The summed E-state index contributed by atoms with van der Waals surface area (Å²) in [6.07, 6.45) is 0. The van der Waals surface area contributed by atoms with Crippen molar-refractivity contribution in [3.63, 3.8) is 0 Å². The van der Waals surface area contributed by atoms with Crippen molar-refractivity contribution in [2.24, 2.45) is 0 Å². The number of hydrogen-bond donors (Lipinski definition) is 1. The molecule has 1 fully saturated rings. The van der Waals surface area contributed by atoms with Gasteiger partial charge in [-0.25, -0.2) is 4.98 Å². The fraction of sp³-hybridized carbons (Fsp3) is 0.273. The minimum atomic E-state index is -0.00786. The van der Waals surface area contributed by atoms with Gasteiger partial charge in [0.05, 0.1) is 5.69 Å². The Hall–Kier alpha value is -2.92. The minimum Gasteiger partial charge on any atom is -0.508 e. The number of aromatic nitrogens is 1. The van der Waals surface area contributed by atoms with Crippen molar-refractivity contribution in [2.75, 3.05) is 33.2 Å². The Labute approximate surface area is 158 Å². The number of aromatic hydroxyl groups is 1. The molecular formula is C22H23N3O2. The van der Waals surface area contributed by atoms with Crippen LogP contribution in [0.25, 0.3) is 22.0 Å². The molecule has 138 valence electrons. The third kappa shape index (κ3) is 3.38. The Kier molecular flexibility index (Phi) is 4.54. The summed E-state index contributed by atoms with van der Waals surface area (Å²) in [5.41, 5.74) is 3.09. The molecule has 5 nitrogen and oxygen atoms in total. The standard InChI is InChI=1S/C22H23N3O2/c1-15-18-8-6-17(14-16(18)7-9-21(15)26)19-4-3-5-20(23-19)22(27)25-12-10-24(2)11-13-25/h3-9,14,26H,10-13H2,1-2H3. The summed E-state index contributed by atoms with van der Waals surface area (Å²) in [5.74, 6) is 0.291. The molecule has 27 heavy (non-hydrogen) atoms. The summed E-state index contributed by atoms with van der Waals surface area (Å²) < 4.78 is 0. The Morgan fingerprint density at radius 3 is 2.59 bits per heavy atom. The van der Waals surface area contributed by atoms with Crippen LogP contribution < -0.4 is 0 Å². The zero-order valence-electron chi connectivity index (χ0n) is 15.6. The monoisotopic (exact) mass is 361 g/mol. The van der Waals surface area contributed by atoms with Crippen LogP contribution >= 0.6 is 0 Å². The topological polar surface area (TPSA) is 56.7 Å². The van der Waals surface area contributed by atoms with E-state index in [-0.39, 0.29) is 5.91 Å². The molecule has 0 bridgehead atoms. The van der Waals surface area contributed by atoms with Crippen LogP contribution in [0.2, 0.25) is 0 Å². The number of phenols is 1. The van der Waals surface area contributed by atoms with Gasteiger partial charge in [0.2, 0.25) is 0 Å². The van der Waals surface area contributed by atoms with Crippen LogP contribution in [-0.4, -0.2) is 59.0 Å². The van der Waals surface area contributed by atoms with Crippen molar-refractivity contribution in [3.05, 3.63) is 59.8 Å². The second-order valence-corrected chi connectivity index (χ2v) is 7.15. The van der Waals surface area contributed by atoms with Crippen molar-refractivity contribution in [1.29, 1.82) is 0 Å². The van der Waals surface area contributed by atoms with Gasteiger partial charge in [0.1, 0.15) is 11.4 Å². The van der Waals surface area contributed by atoms with Crippen molar-refractivity contribution >= 4 is 16.7 Å². The number of amides is 1. The number of carbonyl (C=O) groups is 1. The van der Waals surface area contributed by atoms with Gasteiger partial charge in [-0.1, -0.05) is 24.3 Å². The number of carbonyl (C=O) groups excluding carboxylic acids is 1. The molecule has 2 heterocycles. The molecule has 1 amide bonds. The van der Waals surface area contributed by atoms with Gasteiger partial charge in [0.25, 0.3) is 5.91 Å². The summed E-state index contributed by atoms with van der Waals surface area (Å²) in [6.45, 7) is 5.16. The number of phenolic OH excluding ortho intramolecular Hbond substituents is 1. The maximum atomic E-state index is 12.8. The molecule has 3 aromatic rings. The van der Waals surface area contributed by atoms with Gasteiger partial charge in [-0.2, -0.15) is 0 Å². The van der Waals surface area contributed by atoms with Gasteiger partial charge in [-0.05, 0) is 54.6 Å². The molecular weight excluding hydrogens is 338 g/mol. The number of benzene rings is 2. The van der Waals surface area contributed by atoms with Crippen LogP contribution in [0.1, 0.15) is 16.1 Å². The first-order valence-corrected chi connectivity index (χ1v) is 9.20. The third-order valence-corrected chi connectivity index (χ3v) is 5.32. The Morgan fingerprint density at radius 2 is 1.81 bits per heavy atom. The lowest BCUT2D eigenvalue weighted by Crippen LogP contribution is -2.47. The molecule has 0 saturated carbocycles. The lowest BCUT2D eigenvalue weighted by atomic mass is 10.0. The van der Waals surface area contributed by atoms with E-state index in [9.17, 15) is 9.90 Å². The van der Waals surface area contributed by atoms with Crippen LogP contribution in [-0.2, 0) is 0 Å². The van der Waals surface area contributed by atoms with Gasteiger partial charge in [-0.3, -0.25) is 4.79 Å². The Bertz CT molecular complexity index is 1010. The number of fused-ring (bicyclic) bond motifs is 1. The van der Waals surface area contributed by atoms with Crippen LogP contribution in [0.5, 0.6) is 5.75 Å². The highest BCUT2D eigenvalue weighted by atomic mass is 16.3. The third-order valence-electron chi connectivity index (χ3n) is 5.32. The molecule has 2 aromatic carbocycles. The molecule has 1 aliphatic rings. The molecule has 0 spiro atoms. The molecule has 4 rings (SSSR count). The first-order chi connectivity index (χ1) is 13.0. The molecule has 0 atom stereocenters. The van der Waals surface area contributed by atoms with Gasteiger partial charge in [-0.15, -0.1) is 0 Å². The minimum absolute atomic E-state index is 0.00786. The number of rotatable bonds is 2. The lowest BCUT2D eigenvalue weighted by molar-refractivity contribution is 0.0658. The average Bonchev–Trinajstić information content (AvgIpc) is 2.71. The fourth-order valence-corrected chi connectivity index (χ4v) is 3.52. The smallest absolute Gasteiger partial charge is 0.272 e. The van der Waals surface area contributed by atoms with Crippen molar-refractivity contribution in [3.8, 4) is 17.0 Å². The number of piperazine rings is 1. The highest BCUT2D eigenvalue weighted by molar-refractivity contribution is 5.94. The molecule has 0 aliphatic carbocycles. The maximum absolute atomic E-state index is 12.8. The average molecular weight is 361 g/mol. The molecule has 1 N–H and O–H groups in total. The van der Waals surface area contributed by atoms with E-state index in [0.29, 0.717) is 11.4 Å². The number of nitrogens with zero attached hydrogens (tertiary/aromatic N) is 3. The first-order valence-electron chi connectivity index (χ1n) is 9.20. The SMILES string of the molecule is Cc1c(O)ccc2cc(-c3cccc(C(=O)N4CCN(C)CC4)n3)ccc12. The molecule has 5 heteroatoms. The zero-order chi connectivity index (χ0) is 19.0. The van der Waals surface area contributed by atoms with Gasteiger partial charge in [0, 0.05) is 31.7 Å². The zero-order valence-corrected chi connectivity index (χ0v) is 15.6. The molecule has 1 saturated heterocycles. The van der Waals surface area contributed by atoms with Gasteiger partial charge < -0.3 is 14.9 Å². The molecule has 0 unspecified atom stereocenters. The highest BCUT2D eigenvalue weighted by Gasteiger charge is 2.21. The Morgan fingerprint density at radius 1 is 1.04 bits per heavy atom. The predicted molar refractivity (Wildman–Crippen MR) is 107 cm³/mol. The van der Waals surface area contributed by atoms with Gasteiger partial charge in [0.15, 0.2) is 0 Å². The molecule has 0 radical (unpaired) electrons. The number of aryl methyl sites for hydroxylation is 1. The Balaban J connectivity index is 1.65. The van der Waals surface area contributed by atoms with E-state index < -0.39 is 0 Å².